The summed E-state index contributed by atoms with van der Waals surface area (Å²) >= 11 is 0. The van der Waals surface area contributed by atoms with Gasteiger partial charge >= 0.3 is 6.03 Å². The van der Waals surface area contributed by atoms with Crippen molar-refractivity contribution in [3.05, 3.63) is 0 Å². The summed E-state index contributed by atoms with van der Waals surface area (Å²) < 4.78 is 0. The van der Waals surface area contributed by atoms with Crippen molar-refractivity contribution in [2.45, 2.75) is 32.9 Å². The molecule has 1 aliphatic heterocycles. The fourth-order valence-corrected chi connectivity index (χ4v) is 2.00. The largest absolute Gasteiger partial charge is 0.370 e. The maximum atomic E-state index is 11.3. The van der Waals surface area contributed by atoms with Crippen molar-refractivity contribution in [1.82, 2.24) is 9.96 Å². The van der Waals surface area contributed by atoms with Crippen LogP contribution in [0.25, 0.3) is 0 Å². The van der Waals surface area contributed by atoms with Crippen LogP contribution in [0, 0.1) is 5.41 Å². The summed E-state index contributed by atoms with van der Waals surface area (Å²) in [6.07, 6.45) is 0.347. The second-order valence-electron chi connectivity index (χ2n) is 3.93. The Bertz CT molecular complexity index is 228. The summed E-state index contributed by atoms with van der Waals surface area (Å²) in [5, 5.41) is 19.6. The highest BCUT2D eigenvalue weighted by Crippen LogP contribution is 2.36. The average Bonchev–Trinajstić information content (AvgIpc) is 2.21. The van der Waals surface area contributed by atoms with Crippen LogP contribution in [0.3, 0.4) is 0 Å². The molecule has 0 aromatic heterocycles. The van der Waals surface area contributed by atoms with E-state index in [1.54, 1.807) is 7.05 Å². The Labute approximate surface area is 83.9 Å². The fourth-order valence-electron chi connectivity index (χ4n) is 2.00. The number of nitrogens with zero attached hydrogens (tertiary/aromatic N) is 2. The second-order valence-corrected chi connectivity index (χ2v) is 3.93. The van der Waals surface area contributed by atoms with E-state index in [-0.39, 0.29) is 0 Å². The van der Waals surface area contributed by atoms with E-state index in [0.717, 1.165) is 12.8 Å². The van der Waals surface area contributed by atoms with E-state index in [4.69, 9.17) is 0 Å². The SMILES string of the molecule is CCC1(CC)CN(C)C(=O)N(O)C1O. The molecule has 5 nitrogen and oxygen atoms in total. The number of carbonyl (C=O) groups is 1. The molecular formula is C9H18N2O3. The number of hydroxylamine groups is 2. The number of aliphatic hydroxyl groups excluding tert-OH is 1. The fraction of sp³-hybridized carbons (Fsp3) is 0.889. The van der Waals surface area contributed by atoms with E-state index in [9.17, 15) is 15.1 Å². The van der Waals surface area contributed by atoms with Crippen LogP contribution in [0.2, 0.25) is 0 Å². The molecule has 1 aliphatic rings. The zero-order chi connectivity index (χ0) is 10.9. The van der Waals surface area contributed by atoms with Crippen LogP contribution in [0.5, 0.6) is 0 Å². The van der Waals surface area contributed by atoms with Gasteiger partial charge in [0, 0.05) is 19.0 Å². The topological polar surface area (TPSA) is 64.0 Å². The molecule has 1 fully saturated rings. The zero-order valence-electron chi connectivity index (χ0n) is 8.90. The van der Waals surface area contributed by atoms with Gasteiger partial charge in [-0.15, -0.1) is 0 Å². The third-order valence-electron chi connectivity index (χ3n) is 3.26. The predicted octanol–water partition coefficient (Wildman–Crippen LogP) is 0.868. The van der Waals surface area contributed by atoms with Crippen LogP contribution in [-0.2, 0) is 0 Å². The molecule has 0 bridgehead atoms. The average molecular weight is 202 g/mol. The molecule has 0 saturated carbocycles. The van der Waals surface area contributed by atoms with Crippen molar-refractivity contribution >= 4 is 6.03 Å². The summed E-state index contributed by atoms with van der Waals surface area (Å²) in [7, 11) is 1.62. The molecular weight excluding hydrogens is 184 g/mol. The Balaban J connectivity index is 2.94. The normalized spacial score (nSPS) is 26.9. The van der Waals surface area contributed by atoms with Gasteiger partial charge in [0.2, 0.25) is 0 Å². The van der Waals surface area contributed by atoms with Gasteiger partial charge in [0.1, 0.15) is 0 Å². The lowest BCUT2D eigenvalue weighted by Crippen LogP contribution is -2.61. The molecule has 1 atom stereocenters. The zero-order valence-corrected chi connectivity index (χ0v) is 8.90. The first-order valence-electron chi connectivity index (χ1n) is 4.89. The van der Waals surface area contributed by atoms with Gasteiger partial charge in [-0.2, -0.15) is 5.06 Å². The minimum Gasteiger partial charge on any atom is -0.370 e. The molecule has 0 aliphatic carbocycles. The Morgan fingerprint density at radius 2 is 2.00 bits per heavy atom. The molecule has 1 heterocycles. The first-order valence-corrected chi connectivity index (χ1v) is 4.89. The van der Waals surface area contributed by atoms with Crippen LogP contribution >= 0.6 is 0 Å². The van der Waals surface area contributed by atoms with Gasteiger partial charge in [-0.25, -0.2) is 4.79 Å². The van der Waals surface area contributed by atoms with Crippen molar-refractivity contribution in [2.75, 3.05) is 13.6 Å². The molecule has 2 N–H and O–H groups in total. The van der Waals surface area contributed by atoms with Crippen LogP contribution in [0.1, 0.15) is 26.7 Å². The van der Waals surface area contributed by atoms with Gasteiger partial charge in [-0.05, 0) is 12.8 Å². The molecule has 1 saturated heterocycles. The van der Waals surface area contributed by atoms with Gasteiger partial charge in [-0.3, -0.25) is 5.21 Å². The number of aliphatic hydroxyl groups is 1. The first-order chi connectivity index (χ1) is 6.48. The van der Waals surface area contributed by atoms with Gasteiger partial charge in [0.25, 0.3) is 0 Å². The number of urea groups is 1. The van der Waals surface area contributed by atoms with Crippen molar-refractivity contribution in [3.8, 4) is 0 Å². The number of carbonyl (C=O) groups excluding carboxylic acids is 1. The number of hydrogen-bond acceptors (Lipinski definition) is 3. The minimum absolute atomic E-state index is 0.419. The number of rotatable bonds is 2. The number of amides is 2. The second kappa shape index (κ2) is 3.74. The van der Waals surface area contributed by atoms with Crippen molar-refractivity contribution in [1.29, 1.82) is 0 Å². The number of hydrogen-bond donors (Lipinski definition) is 2. The molecule has 82 valence electrons. The van der Waals surface area contributed by atoms with Crippen LogP contribution in [-0.4, -0.2) is 46.1 Å². The molecule has 1 rings (SSSR count). The lowest BCUT2D eigenvalue weighted by molar-refractivity contribution is -0.229. The Morgan fingerprint density at radius 1 is 1.50 bits per heavy atom. The third-order valence-corrected chi connectivity index (χ3v) is 3.26. The van der Waals surface area contributed by atoms with E-state index < -0.39 is 17.7 Å². The van der Waals surface area contributed by atoms with Gasteiger partial charge in [-0.1, -0.05) is 13.8 Å². The Kier molecular flexibility index (Phi) is 3.01. The molecule has 0 aromatic rings. The molecule has 0 aromatic carbocycles. The minimum atomic E-state index is -1.10. The Morgan fingerprint density at radius 3 is 2.43 bits per heavy atom. The molecule has 0 radical (unpaired) electrons. The highest BCUT2D eigenvalue weighted by molar-refractivity contribution is 5.74. The van der Waals surface area contributed by atoms with E-state index in [2.05, 4.69) is 0 Å². The summed E-state index contributed by atoms with van der Waals surface area (Å²) in [6, 6.07) is -0.546. The van der Waals surface area contributed by atoms with Crippen LogP contribution in [0.15, 0.2) is 0 Å². The van der Waals surface area contributed by atoms with Crippen LogP contribution in [0.4, 0.5) is 4.79 Å². The predicted molar refractivity (Wildman–Crippen MR) is 50.7 cm³/mol. The maximum absolute atomic E-state index is 11.3. The third kappa shape index (κ3) is 1.46. The summed E-state index contributed by atoms with van der Waals surface area (Å²) in [5.41, 5.74) is -0.419. The van der Waals surface area contributed by atoms with Gasteiger partial charge in [0.15, 0.2) is 6.23 Å². The van der Waals surface area contributed by atoms with E-state index in [0.29, 0.717) is 11.6 Å². The summed E-state index contributed by atoms with van der Waals surface area (Å²) in [6.45, 7) is 4.38. The molecule has 0 spiro atoms. The van der Waals surface area contributed by atoms with Crippen LogP contribution < -0.4 is 0 Å². The molecule has 1 unspecified atom stereocenters. The molecule has 14 heavy (non-hydrogen) atoms. The monoisotopic (exact) mass is 202 g/mol. The molecule has 2 amide bonds. The van der Waals surface area contributed by atoms with Crippen molar-refractivity contribution in [2.24, 2.45) is 5.41 Å². The lowest BCUT2D eigenvalue weighted by atomic mass is 9.78. The molecule has 5 heteroatoms. The summed E-state index contributed by atoms with van der Waals surface area (Å²) in [5.74, 6) is 0. The lowest BCUT2D eigenvalue weighted by Gasteiger charge is -2.47. The first kappa shape index (κ1) is 11.3. The summed E-state index contributed by atoms with van der Waals surface area (Å²) in [4.78, 5) is 12.7. The van der Waals surface area contributed by atoms with E-state index in [1.165, 1.54) is 4.90 Å². The standard InChI is InChI=1S/C9H18N2O3/c1-4-9(5-2)6-10(3)8(13)11(14)7(9)12/h7,12,14H,4-6H2,1-3H3. The van der Waals surface area contributed by atoms with Gasteiger partial charge in [0.05, 0.1) is 0 Å². The van der Waals surface area contributed by atoms with Gasteiger partial charge < -0.3 is 10.0 Å². The van der Waals surface area contributed by atoms with Crippen molar-refractivity contribution < 1.29 is 15.1 Å². The maximum Gasteiger partial charge on any atom is 0.346 e. The van der Waals surface area contributed by atoms with E-state index in [1.807, 2.05) is 13.8 Å². The Hall–Kier alpha value is -0.810. The van der Waals surface area contributed by atoms with Crippen molar-refractivity contribution in [3.63, 3.8) is 0 Å². The smallest absolute Gasteiger partial charge is 0.346 e. The highest BCUT2D eigenvalue weighted by atomic mass is 16.6. The quantitative estimate of drug-likeness (QED) is 0.653. The van der Waals surface area contributed by atoms with E-state index >= 15 is 0 Å². The highest BCUT2D eigenvalue weighted by Gasteiger charge is 2.46.